The van der Waals surface area contributed by atoms with E-state index >= 15 is 0 Å². The molecule has 3 rings (SSSR count). The van der Waals surface area contributed by atoms with Gasteiger partial charge in [0.15, 0.2) is 0 Å². The number of aryl methyl sites for hydroxylation is 1. The first-order valence-electron chi connectivity index (χ1n) is 8.13. The lowest BCUT2D eigenvalue weighted by molar-refractivity contribution is -0.137. The number of alkyl halides is 3. The van der Waals surface area contributed by atoms with Crippen LogP contribution in [0.4, 0.5) is 13.2 Å². The maximum absolute atomic E-state index is 12.7. The summed E-state index contributed by atoms with van der Waals surface area (Å²) in [6, 6.07) is 4.26. The highest BCUT2D eigenvalue weighted by atomic mass is 19.4. The molecule has 0 amide bonds. The van der Waals surface area contributed by atoms with Gasteiger partial charge >= 0.3 is 11.9 Å². The number of halogens is 3. The molecule has 0 bridgehead atoms. The van der Waals surface area contributed by atoms with E-state index in [4.69, 9.17) is 0 Å². The summed E-state index contributed by atoms with van der Waals surface area (Å²) in [5.41, 5.74) is -0.556. The van der Waals surface area contributed by atoms with Crippen molar-refractivity contribution < 1.29 is 13.2 Å². The molecule has 3 aromatic rings. The second-order valence-electron chi connectivity index (χ2n) is 6.07. The molecule has 0 saturated carbocycles. The van der Waals surface area contributed by atoms with Gasteiger partial charge in [-0.2, -0.15) is 18.3 Å². The highest BCUT2D eigenvalue weighted by molar-refractivity contribution is 5.77. The number of nitrogens with one attached hydrogen (secondary N) is 2. The zero-order chi connectivity index (χ0) is 19.1. The zero-order valence-corrected chi connectivity index (χ0v) is 14.1. The van der Waals surface area contributed by atoms with Gasteiger partial charge in [-0.1, -0.05) is 25.5 Å². The van der Waals surface area contributed by atoms with Gasteiger partial charge in [0, 0.05) is 0 Å². The lowest BCUT2D eigenvalue weighted by Gasteiger charge is -2.15. The van der Waals surface area contributed by atoms with E-state index in [0.29, 0.717) is 23.1 Å². The molecule has 1 unspecified atom stereocenters. The smallest absolute Gasteiger partial charge is 0.292 e. The Bertz CT molecular complexity index is 1050. The lowest BCUT2D eigenvalue weighted by atomic mass is 10.1. The van der Waals surface area contributed by atoms with Crippen molar-refractivity contribution in [2.24, 2.45) is 0 Å². The number of H-pyrrole nitrogens is 2. The first-order valence-corrected chi connectivity index (χ1v) is 8.13. The molecule has 9 heteroatoms. The Labute approximate surface area is 145 Å². The van der Waals surface area contributed by atoms with Crippen molar-refractivity contribution in [2.45, 2.75) is 38.9 Å². The normalized spacial score (nSPS) is 13.3. The van der Waals surface area contributed by atoms with Gasteiger partial charge in [0.05, 0.1) is 17.3 Å². The number of rotatable bonds is 4. The molecule has 2 aromatic heterocycles. The maximum atomic E-state index is 12.7. The van der Waals surface area contributed by atoms with Crippen molar-refractivity contribution in [1.29, 1.82) is 0 Å². The molecule has 2 N–H and O–H groups in total. The SMILES string of the molecule is CCCc1nn(C(C)c2ccc(C(F)(F)F)cc2)c2[nH]c(=O)[nH]c(=O)c12. The molecule has 0 spiro atoms. The van der Waals surface area contributed by atoms with Crippen LogP contribution < -0.4 is 11.2 Å². The Hall–Kier alpha value is -2.84. The molecule has 26 heavy (non-hydrogen) atoms. The predicted molar refractivity (Wildman–Crippen MR) is 90.2 cm³/mol. The molecule has 1 aromatic carbocycles. The van der Waals surface area contributed by atoms with E-state index in [9.17, 15) is 22.8 Å². The van der Waals surface area contributed by atoms with Crippen LogP contribution in [0.3, 0.4) is 0 Å². The zero-order valence-electron chi connectivity index (χ0n) is 14.1. The molecule has 0 aliphatic carbocycles. The van der Waals surface area contributed by atoms with Crippen molar-refractivity contribution in [1.82, 2.24) is 19.7 Å². The number of aromatic amines is 2. The average Bonchev–Trinajstić information content (AvgIpc) is 2.92. The van der Waals surface area contributed by atoms with Crippen LogP contribution >= 0.6 is 0 Å². The van der Waals surface area contributed by atoms with E-state index in [2.05, 4.69) is 15.1 Å². The lowest BCUT2D eigenvalue weighted by Crippen LogP contribution is -2.23. The quantitative estimate of drug-likeness (QED) is 0.745. The van der Waals surface area contributed by atoms with Gasteiger partial charge in [-0.15, -0.1) is 0 Å². The third-order valence-electron chi connectivity index (χ3n) is 4.24. The second-order valence-corrected chi connectivity index (χ2v) is 6.07. The van der Waals surface area contributed by atoms with Crippen molar-refractivity contribution in [2.75, 3.05) is 0 Å². The van der Waals surface area contributed by atoms with Gasteiger partial charge in [-0.25, -0.2) is 9.48 Å². The average molecular weight is 366 g/mol. The van der Waals surface area contributed by atoms with Gasteiger partial charge < -0.3 is 0 Å². The van der Waals surface area contributed by atoms with Gasteiger partial charge in [-0.05, 0) is 31.0 Å². The van der Waals surface area contributed by atoms with Gasteiger partial charge in [0.1, 0.15) is 11.0 Å². The monoisotopic (exact) mass is 366 g/mol. The van der Waals surface area contributed by atoms with Crippen molar-refractivity contribution in [3.8, 4) is 0 Å². The minimum absolute atomic E-state index is 0.259. The molecular weight excluding hydrogens is 349 g/mol. The second kappa shape index (κ2) is 6.47. The van der Waals surface area contributed by atoms with Crippen LogP contribution in [0.15, 0.2) is 33.9 Å². The molecule has 2 heterocycles. The van der Waals surface area contributed by atoms with E-state index in [1.165, 1.54) is 16.8 Å². The Morgan fingerprint density at radius 1 is 1.15 bits per heavy atom. The highest BCUT2D eigenvalue weighted by Crippen LogP contribution is 2.31. The fraction of sp³-hybridized carbons (Fsp3) is 0.353. The van der Waals surface area contributed by atoms with Crippen LogP contribution in [-0.2, 0) is 12.6 Å². The molecule has 138 valence electrons. The molecule has 0 aliphatic heterocycles. The number of fused-ring (bicyclic) bond motifs is 1. The Balaban J connectivity index is 2.12. The topological polar surface area (TPSA) is 83.5 Å². The fourth-order valence-corrected chi connectivity index (χ4v) is 2.93. The van der Waals surface area contributed by atoms with Gasteiger partial charge in [-0.3, -0.25) is 14.8 Å². The molecular formula is C17H17F3N4O2. The van der Waals surface area contributed by atoms with Crippen molar-refractivity contribution in [3.05, 3.63) is 61.9 Å². The molecule has 6 nitrogen and oxygen atoms in total. The molecule has 0 fully saturated rings. The van der Waals surface area contributed by atoms with Crippen LogP contribution in [0.2, 0.25) is 0 Å². The van der Waals surface area contributed by atoms with E-state index in [-0.39, 0.29) is 5.65 Å². The van der Waals surface area contributed by atoms with E-state index in [1.807, 2.05) is 6.92 Å². The van der Waals surface area contributed by atoms with Crippen LogP contribution in [0.1, 0.15) is 43.1 Å². The Kier molecular flexibility index (Phi) is 4.47. The third-order valence-corrected chi connectivity index (χ3v) is 4.24. The minimum Gasteiger partial charge on any atom is -0.292 e. The van der Waals surface area contributed by atoms with Crippen LogP contribution in [-0.4, -0.2) is 19.7 Å². The van der Waals surface area contributed by atoms with E-state index in [0.717, 1.165) is 18.6 Å². The molecule has 0 saturated heterocycles. The number of benzene rings is 1. The summed E-state index contributed by atoms with van der Waals surface area (Å²) in [4.78, 5) is 28.6. The summed E-state index contributed by atoms with van der Waals surface area (Å²) in [6.45, 7) is 3.67. The molecule has 0 radical (unpaired) electrons. The number of hydrogen-bond donors (Lipinski definition) is 2. The Morgan fingerprint density at radius 2 is 1.81 bits per heavy atom. The number of nitrogens with zero attached hydrogens (tertiary/aromatic N) is 2. The van der Waals surface area contributed by atoms with Crippen LogP contribution in [0.5, 0.6) is 0 Å². The van der Waals surface area contributed by atoms with E-state index in [1.54, 1.807) is 6.92 Å². The summed E-state index contributed by atoms with van der Waals surface area (Å²) in [7, 11) is 0. The standard InChI is InChI=1S/C17H17F3N4O2/c1-3-4-12-13-14(21-16(26)22-15(13)25)24(23-12)9(2)10-5-7-11(8-6-10)17(18,19)20/h5-9H,3-4H2,1-2H3,(H2,21,22,25,26). The first-order chi connectivity index (χ1) is 12.2. The van der Waals surface area contributed by atoms with E-state index < -0.39 is 29.0 Å². The predicted octanol–water partition coefficient (Wildman–Crippen LogP) is 2.99. The van der Waals surface area contributed by atoms with Crippen molar-refractivity contribution in [3.63, 3.8) is 0 Å². The van der Waals surface area contributed by atoms with Crippen molar-refractivity contribution >= 4 is 11.0 Å². The molecule has 0 aliphatic rings. The third kappa shape index (κ3) is 3.16. The van der Waals surface area contributed by atoms with Gasteiger partial charge in [0.2, 0.25) is 0 Å². The number of aromatic nitrogens is 4. The Morgan fingerprint density at radius 3 is 2.38 bits per heavy atom. The maximum Gasteiger partial charge on any atom is 0.416 e. The number of hydrogen-bond acceptors (Lipinski definition) is 3. The summed E-state index contributed by atoms with van der Waals surface area (Å²) >= 11 is 0. The first kappa shape index (κ1) is 18.0. The summed E-state index contributed by atoms with van der Waals surface area (Å²) in [6.07, 6.45) is -3.12. The largest absolute Gasteiger partial charge is 0.416 e. The highest BCUT2D eigenvalue weighted by Gasteiger charge is 2.30. The summed E-state index contributed by atoms with van der Waals surface area (Å²) in [5.74, 6) is 0. The fourth-order valence-electron chi connectivity index (χ4n) is 2.93. The summed E-state index contributed by atoms with van der Waals surface area (Å²) in [5, 5.41) is 4.73. The molecule has 1 atom stereocenters. The van der Waals surface area contributed by atoms with Gasteiger partial charge in [0.25, 0.3) is 5.56 Å². The van der Waals surface area contributed by atoms with Crippen LogP contribution in [0, 0.1) is 0 Å². The van der Waals surface area contributed by atoms with Crippen LogP contribution in [0.25, 0.3) is 11.0 Å². The summed E-state index contributed by atoms with van der Waals surface area (Å²) < 4.78 is 39.7. The minimum atomic E-state index is -4.41.